The molecule has 0 saturated carbocycles. The predicted octanol–water partition coefficient (Wildman–Crippen LogP) is 4.14. The molecule has 1 atom stereocenters. The van der Waals surface area contributed by atoms with Crippen molar-refractivity contribution in [2.45, 2.75) is 32.5 Å². The number of imidazole rings is 1. The second kappa shape index (κ2) is 10.7. The highest BCUT2D eigenvalue weighted by Crippen LogP contribution is 2.22. The average molecular weight is 474 g/mol. The summed E-state index contributed by atoms with van der Waals surface area (Å²) in [5, 5.41) is 2.78. The summed E-state index contributed by atoms with van der Waals surface area (Å²) in [4.78, 5) is 39.2. The highest BCUT2D eigenvalue weighted by Gasteiger charge is 2.26. The first-order chi connectivity index (χ1) is 17.0. The van der Waals surface area contributed by atoms with Crippen LogP contribution in [0.5, 0.6) is 5.75 Å². The second-order valence-electron chi connectivity index (χ2n) is 8.01. The van der Waals surface area contributed by atoms with Gasteiger partial charge in [0.2, 0.25) is 6.10 Å². The van der Waals surface area contributed by atoms with Gasteiger partial charge in [-0.05, 0) is 42.8 Å². The van der Waals surface area contributed by atoms with Crippen LogP contribution in [0.25, 0.3) is 11.0 Å². The number of anilines is 1. The Morgan fingerprint density at radius 1 is 0.886 bits per heavy atom. The van der Waals surface area contributed by atoms with Crippen LogP contribution >= 0.6 is 0 Å². The molecule has 4 aromatic rings. The molecule has 0 saturated heterocycles. The van der Waals surface area contributed by atoms with Crippen molar-refractivity contribution in [3.8, 4) is 5.75 Å². The number of hydrogen-bond donors (Lipinski definition) is 1. The molecular weight excluding hydrogens is 446 g/mol. The van der Waals surface area contributed by atoms with Crippen LogP contribution in [-0.4, -0.2) is 28.1 Å². The smallest absolute Gasteiger partial charge is 0.329 e. The molecule has 180 valence electrons. The van der Waals surface area contributed by atoms with Crippen LogP contribution in [0.15, 0.2) is 83.7 Å². The van der Waals surface area contributed by atoms with Crippen LogP contribution in [0, 0.1) is 0 Å². The number of methoxy groups -OCH3 is 1. The first-order valence-corrected chi connectivity index (χ1v) is 11.4. The number of carbonyl (C=O) groups excluding carboxylic acids is 2. The van der Waals surface area contributed by atoms with E-state index in [1.165, 1.54) is 4.57 Å². The lowest BCUT2D eigenvalue weighted by molar-refractivity contribution is -0.155. The summed E-state index contributed by atoms with van der Waals surface area (Å²) in [6, 6.07) is 22.9. The Morgan fingerprint density at radius 3 is 2.14 bits per heavy atom. The zero-order valence-corrected chi connectivity index (χ0v) is 19.6. The van der Waals surface area contributed by atoms with Gasteiger partial charge in [0.05, 0.1) is 18.1 Å². The van der Waals surface area contributed by atoms with Crippen LogP contribution < -0.4 is 15.7 Å². The number of aromatic nitrogens is 2. The van der Waals surface area contributed by atoms with Crippen LogP contribution in [0.2, 0.25) is 0 Å². The molecule has 1 aromatic heterocycles. The van der Waals surface area contributed by atoms with Crippen molar-refractivity contribution < 1.29 is 19.1 Å². The van der Waals surface area contributed by atoms with E-state index in [0.29, 0.717) is 29.1 Å². The molecule has 1 unspecified atom stereocenters. The van der Waals surface area contributed by atoms with Gasteiger partial charge in [-0.25, -0.2) is 4.79 Å². The maximum absolute atomic E-state index is 13.1. The molecule has 1 amide bonds. The molecule has 35 heavy (non-hydrogen) atoms. The number of rotatable bonds is 9. The Bertz CT molecular complexity index is 1370. The number of fused-ring (bicyclic) bond motifs is 1. The number of nitrogens with zero attached hydrogens (tertiary/aromatic N) is 2. The number of carbonyl (C=O) groups is 2. The van der Waals surface area contributed by atoms with E-state index in [9.17, 15) is 14.4 Å². The SMILES string of the molecule is CCCn1c(=O)n(CC(=O)OC(C(=O)Nc2ccc(OC)cc2)c2ccccc2)c2ccccc21. The molecule has 1 heterocycles. The number of aryl methyl sites for hydroxylation is 1. The van der Waals surface area contributed by atoms with Crippen LogP contribution in [0.3, 0.4) is 0 Å². The van der Waals surface area contributed by atoms with Gasteiger partial charge in [0.25, 0.3) is 5.91 Å². The summed E-state index contributed by atoms with van der Waals surface area (Å²) in [6.07, 6.45) is -0.412. The maximum Gasteiger partial charge on any atom is 0.329 e. The first kappa shape index (κ1) is 23.8. The van der Waals surface area contributed by atoms with Gasteiger partial charge < -0.3 is 14.8 Å². The monoisotopic (exact) mass is 473 g/mol. The fourth-order valence-electron chi connectivity index (χ4n) is 3.95. The number of para-hydroxylation sites is 2. The van der Waals surface area contributed by atoms with E-state index >= 15 is 0 Å². The minimum Gasteiger partial charge on any atom is -0.497 e. The van der Waals surface area contributed by atoms with E-state index in [2.05, 4.69) is 5.32 Å². The molecule has 8 heteroatoms. The third kappa shape index (κ3) is 5.27. The Labute approximate surface area is 202 Å². The normalized spacial score (nSPS) is 11.7. The summed E-state index contributed by atoms with van der Waals surface area (Å²) in [5.41, 5.74) is 2.16. The standard InChI is InChI=1S/C27H27N3O5/c1-3-17-29-22-11-7-8-12-23(22)30(27(29)33)18-24(31)35-25(19-9-5-4-6-10-19)26(32)28-20-13-15-21(34-2)16-14-20/h4-16,25H,3,17-18H2,1-2H3,(H,28,32). The summed E-state index contributed by atoms with van der Waals surface area (Å²) in [6.45, 7) is 2.21. The van der Waals surface area contributed by atoms with Gasteiger partial charge in [0.15, 0.2) is 0 Å². The predicted molar refractivity (Wildman–Crippen MR) is 133 cm³/mol. The molecule has 0 spiro atoms. The number of esters is 1. The van der Waals surface area contributed by atoms with Gasteiger partial charge in [-0.2, -0.15) is 0 Å². The van der Waals surface area contributed by atoms with Crippen LogP contribution in [0.4, 0.5) is 5.69 Å². The van der Waals surface area contributed by atoms with Crippen LogP contribution in [0.1, 0.15) is 25.0 Å². The van der Waals surface area contributed by atoms with Gasteiger partial charge in [0, 0.05) is 17.8 Å². The van der Waals surface area contributed by atoms with Gasteiger partial charge >= 0.3 is 11.7 Å². The summed E-state index contributed by atoms with van der Waals surface area (Å²) in [5.74, 6) is -0.539. The van der Waals surface area contributed by atoms with Crippen molar-refractivity contribution >= 4 is 28.6 Å². The third-order valence-corrected chi connectivity index (χ3v) is 5.61. The van der Waals surface area contributed by atoms with Crippen molar-refractivity contribution in [3.63, 3.8) is 0 Å². The molecule has 1 N–H and O–H groups in total. The molecular formula is C27H27N3O5. The summed E-state index contributed by atoms with van der Waals surface area (Å²) < 4.78 is 13.8. The minimum absolute atomic E-state index is 0.288. The largest absolute Gasteiger partial charge is 0.497 e. The third-order valence-electron chi connectivity index (χ3n) is 5.61. The average Bonchev–Trinajstić information content (AvgIpc) is 3.14. The molecule has 8 nitrogen and oxygen atoms in total. The van der Waals surface area contributed by atoms with Crippen molar-refractivity contribution in [2.75, 3.05) is 12.4 Å². The van der Waals surface area contributed by atoms with Gasteiger partial charge in [0.1, 0.15) is 12.3 Å². The van der Waals surface area contributed by atoms with Gasteiger partial charge in [-0.3, -0.25) is 18.7 Å². The summed E-state index contributed by atoms with van der Waals surface area (Å²) in [7, 11) is 1.56. The lowest BCUT2D eigenvalue weighted by Gasteiger charge is -2.18. The van der Waals surface area contributed by atoms with E-state index in [4.69, 9.17) is 9.47 Å². The molecule has 0 bridgehead atoms. The molecule has 0 fully saturated rings. The number of amides is 1. The summed E-state index contributed by atoms with van der Waals surface area (Å²) >= 11 is 0. The molecule has 0 aliphatic carbocycles. The van der Waals surface area contributed by atoms with Gasteiger partial charge in [-0.15, -0.1) is 0 Å². The van der Waals surface area contributed by atoms with E-state index in [1.54, 1.807) is 66.3 Å². The van der Waals surface area contributed by atoms with Crippen molar-refractivity contribution in [1.82, 2.24) is 9.13 Å². The zero-order valence-electron chi connectivity index (χ0n) is 19.6. The van der Waals surface area contributed by atoms with Crippen molar-refractivity contribution in [2.24, 2.45) is 0 Å². The lowest BCUT2D eigenvalue weighted by atomic mass is 10.1. The van der Waals surface area contributed by atoms with Crippen LogP contribution in [-0.2, 0) is 27.4 Å². The van der Waals surface area contributed by atoms with Crippen molar-refractivity contribution in [3.05, 3.63) is 94.9 Å². The molecule has 0 aliphatic rings. The number of ether oxygens (including phenoxy) is 2. The Hall–Kier alpha value is -4.33. The Morgan fingerprint density at radius 2 is 1.51 bits per heavy atom. The lowest BCUT2D eigenvalue weighted by Crippen LogP contribution is -2.31. The second-order valence-corrected chi connectivity index (χ2v) is 8.01. The number of nitrogens with one attached hydrogen (secondary N) is 1. The molecule has 3 aromatic carbocycles. The highest BCUT2D eigenvalue weighted by atomic mass is 16.5. The fraction of sp³-hybridized carbons (Fsp3) is 0.222. The Kier molecular flexibility index (Phi) is 7.30. The van der Waals surface area contributed by atoms with E-state index in [-0.39, 0.29) is 12.2 Å². The maximum atomic E-state index is 13.1. The van der Waals surface area contributed by atoms with E-state index in [1.807, 2.05) is 31.2 Å². The quantitative estimate of drug-likeness (QED) is 0.369. The number of hydrogen-bond acceptors (Lipinski definition) is 5. The Balaban J connectivity index is 1.58. The topological polar surface area (TPSA) is 91.6 Å². The molecule has 4 rings (SSSR count). The highest BCUT2D eigenvalue weighted by molar-refractivity contribution is 5.96. The zero-order chi connectivity index (χ0) is 24.8. The van der Waals surface area contributed by atoms with Crippen molar-refractivity contribution in [1.29, 1.82) is 0 Å². The van der Waals surface area contributed by atoms with E-state index < -0.39 is 18.0 Å². The van der Waals surface area contributed by atoms with Gasteiger partial charge in [-0.1, -0.05) is 49.4 Å². The molecule has 0 aliphatic heterocycles. The first-order valence-electron chi connectivity index (χ1n) is 11.4. The fourth-order valence-corrected chi connectivity index (χ4v) is 3.95. The molecule has 0 radical (unpaired) electrons. The minimum atomic E-state index is -1.19. The van der Waals surface area contributed by atoms with E-state index in [0.717, 1.165) is 11.9 Å². The number of benzene rings is 3.